The zero-order valence-electron chi connectivity index (χ0n) is 30.0. The summed E-state index contributed by atoms with van der Waals surface area (Å²) in [6.07, 6.45) is -0.0391. The van der Waals surface area contributed by atoms with Gasteiger partial charge in [-0.05, 0) is 98.3 Å². The van der Waals surface area contributed by atoms with Crippen molar-refractivity contribution in [3.63, 3.8) is 0 Å². The molecule has 0 radical (unpaired) electrons. The highest BCUT2D eigenvalue weighted by Crippen LogP contribution is 2.39. The molecule has 0 aliphatic rings. The normalized spacial score (nSPS) is 12.3. The first-order chi connectivity index (χ1) is 24.9. The predicted molar refractivity (Wildman–Crippen MR) is 206 cm³/mol. The SMILES string of the molecule is CCC(N[C@H](C)c1ccccc1)C(=O)NC(=O)c1ccc(-c2ccccc2)cc1-c1ccc(Cl)cc1Oc1cccc(CNC(=O)OC(C)(C)C)c1. The Morgan fingerprint density at radius 2 is 1.48 bits per heavy atom. The minimum absolute atomic E-state index is 0.104. The van der Waals surface area contributed by atoms with Crippen LogP contribution in [0.5, 0.6) is 11.5 Å². The lowest BCUT2D eigenvalue weighted by Gasteiger charge is -2.22. The molecular formula is C43H44ClN3O5. The first kappa shape index (κ1) is 37.8. The third kappa shape index (κ3) is 10.3. The number of imide groups is 1. The number of hydrogen-bond donors (Lipinski definition) is 3. The second-order valence-electron chi connectivity index (χ2n) is 13.5. The lowest BCUT2D eigenvalue weighted by molar-refractivity contribution is -0.122. The fourth-order valence-corrected chi connectivity index (χ4v) is 5.86. The van der Waals surface area contributed by atoms with Gasteiger partial charge in [0.05, 0.1) is 6.04 Å². The van der Waals surface area contributed by atoms with Gasteiger partial charge in [0.15, 0.2) is 0 Å². The van der Waals surface area contributed by atoms with Crippen molar-refractivity contribution in [3.05, 3.63) is 143 Å². The minimum atomic E-state index is -0.617. The van der Waals surface area contributed by atoms with Gasteiger partial charge < -0.3 is 14.8 Å². The first-order valence-electron chi connectivity index (χ1n) is 17.3. The number of benzene rings is 5. The number of amides is 3. The number of ether oxygens (including phenoxy) is 2. The van der Waals surface area contributed by atoms with Gasteiger partial charge in [-0.1, -0.05) is 97.4 Å². The summed E-state index contributed by atoms with van der Waals surface area (Å²) in [6, 6.07) is 37.0. The Morgan fingerprint density at radius 1 is 0.769 bits per heavy atom. The largest absolute Gasteiger partial charge is 0.457 e. The van der Waals surface area contributed by atoms with Gasteiger partial charge in [0.1, 0.15) is 17.1 Å². The molecule has 0 aromatic heterocycles. The number of carbonyl (C=O) groups excluding carboxylic acids is 3. The summed E-state index contributed by atoms with van der Waals surface area (Å²) in [6.45, 7) is 9.53. The molecule has 3 amide bonds. The molecule has 5 aromatic carbocycles. The monoisotopic (exact) mass is 717 g/mol. The van der Waals surface area contributed by atoms with E-state index in [4.69, 9.17) is 21.1 Å². The Morgan fingerprint density at radius 3 is 2.17 bits per heavy atom. The molecule has 2 atom stereocenters. The van der Waals surface area contributed by atoms with Gasteiger partial charge in [-0.3, -0.25) is 20.2 Å². The molecule has 1 unspecified atom stereocenters. The van der Waals surface area contributed by atoms with E-state index in [0.29, 0.717) is 39.6 Å². The van der Waals surface area contributed by atoms with Crippen molar-refractivity contribution >= 4 is 29.5 Å². The Labute approximate surface area is 310 Å². The molecule has 0 heterocycles. The zero-order valence-corrected chi connectivity index (χ0v) is 30.8. The quantitative estimate of drug-likeness (QED) is 0.119. The van der Waals surface area contributed by atoms with Crippen LogP contribution in [0, 0.1) is 0 Å². The average Bonchev–Trinajstić information content (AvgIpc) is 3.13. The Hall–Kier alpha value is -5.44. The van der Waals surface area contributed by atoms with Crippen molar-refractivity contribution < 1.29 is 23.9 Å². The van der Waals surface area contributed by atoms with Crippen LogP contribution < -0.4 is 20.7 Å². The number of carbonyl (C=O) groups is 3. The van der Waals surface area contributed by atoms with Crippen LogP contribution >= 0.6 is 11.6 Å². The lowest BCUT2D eigenvalue weighted by Crippen LogP contribution is -2.46. The van der Waals surface area contributed by atoms with E-state index >= 15 is 0 Å². The first-order valence-corrected chi connectivity index (χ1v) is 17.7. The van der Waals surface area contributed by atoms with Crippen LogP contribution in [-0.4, -0.2) is 29.6 Å². The topological polar surface area (TPSA) is 106 Å². The van der Waals surface area contributed by atoms with Gasteiger partial charge in [-0.2, -0.15) is 0 Å². The smallest absolute Gasteiger partial charge is 0.407 e. The van der Waals surface area contributed by atoms with Gasteiger partial charge in [0, 0.05) is 34.8 Å². The van der Waals surface area contributed by atoms with Crippen LogP contribution in [0.25, 0.3) is 22.3 Å². The maximum Gasteiger partial charge on any atom is 0.407 e. The molecule has 5 rings (SSSR count). The van der Waals surface area contributed by atoms with Gasteiger partial charge >= 0.3 is 6.09 Å². The summed E-state index contributed by atoms with van der Waals surface area (Å²) in [7, 11) is 0. The fourth-order valence-electron chi connectivity index (χ4n) is 5.70. The van der Waals surface area contributed by atoms with Crippen LogP contribution in [0.2, 0.25) is 5.02 Å². The molecule has 0 saturated carbocycles. The standard InChI is InChI=1S/C43H44ClN3O5/c1-6-38(46-28(2)30-15-9-7-10-16-30)41(49)47-40(48)36-22-20-32(31-17-11-8-12-18-31)25-37(36)35-23-21-33(44)26-39(35)51-34-19-13-14-29(24-34)27-45-42(50)52-43(3,4)5/h7-26,28,38,46H,6,27H2,1-5H3,(H,45,50)(H,47,48,49)/t28-,38?/m1/s1. The van der Waals surface area contributed by atoms with E-state index in [-0.39, 0.29) is 12.6 Å². The van der Waals surface area contributed by atoms with Crippen LogP contribution in [0.1, 0.15) is 68.6 Å². The minimum Gasteiger partial charge on any atom is -0.457 e. The van der Waals surface area contributed by atoms with Crippen LogP contribution in [0.3, 0.4) is 0 Å². The zero-order chi connectivity index (χ0) is 37.3. The maximum absolute atomic E-state index is 14.0. The van der Waals surface area contributed by atoms with E-state index in [1.54, 1.807) is 51.1 Å². The molecule has 0 fully saturated rings. The highest BCUT2D eigenvalue weighted by atomic mass is 35.5. The number of alkyl carbamates (subject to hydrolysis) is 1. The van der Waals surface area contributed by atoms with Crippen molar-refractivity contribution in [2.45, 2.75) is 65.3 Å². The van der Waals surface area contributed by atoms with Crippen LogP contribution in [-0.2, 0) is 16.1 Å². The molecule has 0 aliphatic carbocycles. The maximum atomic E-state index is 14.0. The number of nitrogens with one attached hydrogen (secondary N) is 3. The Balaban J connectivity index is 1.45. The summed E-state index contributed by atoms with van der Waals surface area (Å²) < 4.78 is 11.8. The molecule has 0 bridgehead atoms. The van der Waals surface area contributed by atoms with E-state index in [1.165, 1.54) is 0 Å². The molecular weight excluding hydrogens is 674 g/mol. The van der Waals surface area contributed by atoms with Crippen LogP contribution in [0.4, 0.5) is 4.79 Å². The summed E-state index contributed by atoms with van der Waals surface area (Å²) in [5.41, 5.74) is 4.49. The fraction of sp³-hybridized carbons (Fsp3) is 0.233. The summed E-state index contributed by atoms with van der Waals surface area (Å²) in [5, 5.41) is 9.21. The third-order valence-corrected chi connectivity index (χ3v) is 8.51. The third-order valence-electron chi connectivity index (χ3n) is 8.28. The summed E-state index contributed by atoms with van der Waals surface area (Å²) >= 11 is 6.50. The number of hydrogen-bond acceptors (Lipinski definition) is 6. The summed E-state index contributed by atoms with van der Waals surface area (Å²) in [4.78, 5) is 39.8. The van der Waals surface area contributed by atoms with Crippen LogP contribution in [0.15, 0.2) is 121 Å². The van der Waals surface area contributed by atoms with E-state index in [2.05, 4.69) is 16.0 Å². The highest BCUT2D eigenvalue weighted by molar-refractivity contribution is 6.30. The average molecular weight is 718 g/mol. The lowest BCUT2D eigenvalue weighted by atomic mass is 9.93. The van der Waals surface area contributed by atoms with E-state index in [1.807, 2.05) is 105 Å². The van der Waals surface area contributed by atoms with Crippen molar-refractivity contribution in [2.75, 3.05) is 0 Å². The second kappa shape index (κ2) is 17.2. The van der Waals surface area contributed by atoms with Crippen molar-refractivity contribution in [3.8, 4) is 33.8 Å². The number of halogens is 1. The summed E-state index contributed by atoms with van der Waals surface area (Å²) in [5.74, 6) is -0.0574. The van der Waals surface area contributed by atoms with Crippen molar-refractivity contribution in [1.29, 1.82) is 0 Å². The van der Waals surface area contributed by atoms with Gasteiger partial charge in [0.25, 0.3) is 5.91 Å². The molecule has 0 aliphatic heterocycles. The van der Waals surface area contributed by atoms with E-state index in [0.717, 1.165) is 22.3 Å². The van der Waals surface area contributed by atoms with E-state index in [9.17, 15) is 14.4 Å². The molecule has 0 saturated heterocycles. The molecule has 9 heteroatoms. The molecule has 268 valence electrons. The van der Waals surface area contributed by atoms with E-state index < -0.39 is 29.6 Å². The van der Waals surface area contributed by atoms with Crippen molar-refractivity contribution in [1.82, 2.24) is 16.0 Å². The Kier molecular flexibility index (Phi) is 12.5. The predicted octanol–water partition coefficient (Wildman–Crippen LogP) is 9.88. The molecule has 8 nitrogen and oxygen atoms in total. The van der Waals surface area contributed by atoms with Gasteiger partial charge in [-0.15, -0.1) is 0 Å². The van der Waals surface area contributed by atoms with Gasteiger partial charge in [-0.25, -0.2) is 4.79 Å². The number of rotatable bonds is 12. The molecule has 3 N–H and O–H groups in total. The molecule has 52 heavy (non-hydrogen) atoms. The Bertz CT molecular complexity index is 2010. The van der Waals surface area contributed by atoms with Gasteiger partial charge in [0.2, 0.25) is 5.91 Å². The second-order valence-corrected chi connectivity index (χ2v) is 13.9. The highest BCUT2D eigenvalue weighted by Gasteiger charge is 2.25. The molecule has 5 aromatic rings. The van der Waals surface area contributed by atoms with Crippen molar-refractivity contribution in [2.24, 2.45) is 0 Å². The molecule has 0 spiro atoms.